The van der Waals surface area contributed by atoms with E-state index in [4.69, 9.17) is 11.6 Å². The predicted molar refractivity (Wildman–Crippen MR) is 110 cm³/mol. The van der Waals surface area contributed by atoms with Crippen molar-refractivity contribution in [2.75, 3.05) is 11.9 Å². The molecule has 0 bridgehead atoms. The lowest BCUT2D eigenvalue weighted by atomic mass is 10.1. The Balaban J connectivity index is 1.73. The summed E-state index contributed by atoms with van der Waals surface area (Å²) in [7, 11) is 0. The summed E-state index contributed by atoms with van der Waals surface area (Å²) in [6, 6.07) is 16.3. The van der Waals surface area contributed by atoms with Gasteiger partial charge in [0.1, 0.15) is 0 Å². The van der Waals surface area contributed by atoms with Crippen LogP contribution in [-0.2, 0) is 4.79 Å². The highest BCUT2D eigenvalue weighted by molar-refractivity contribution is 6.30. The number of carbonyl (C=O) groups excluding carboxylic acids is 2. The first-order valence-electron chi connectivity index (χ1n) is 8.92. The van der Waals surface area contributed by atoms with Gasteiger partial charge in [0.05, 0.1) is 29.7 Å². The molecule has 0 atom stereocenters. The number of rotatable bonds is 6. The molecule has 3 aromatic rings. The highest BCUT2D eigenvalue weighted by Crippen LogP contribution is 2.24. The number of nitrogens with one attached hydrogen (secondary N) is 2. The van der Waals surface area contributed by atoms with Crippen LogP contribution >= 0.6 is 11.6 Å². The summed E-state index contributed by atoms with van der Waals surface area (Å²) in [5, 5.41) is 10.4. The van der Waals surface area contributed by atoms with Gasteiger partial charge in [-0.1, -0.05) is 43.6 Å². The lowest BCUT2D eigenvalue weighted by Crippen LogP contribution is -2.33. The Bertz CT molecular complexity index is 966. The van der Waals surface area contributed by atoms with E-state index in [-0.39, 0.29) is 24.3 Å². The van der Waals surface area contributed by atoms with Crippen molar-refractivity contribution in [1.82, 2.24) is 15.1 Å². The van der Waals surface area contributed by atoms with Crippen molar-refractivity contribution < 1.29 is 9.59 Å². The van der Waals surface area contributed by atoms with Crippen LogP contribution in [0.15, 0.2) is 60.8 Å². The van der Waals surface area contributed by atoms with Crippen molar-refractivity contribution in [3.63, 3.8) is 0 Å². The van der Waals surface area contributed by atoms with Crippen molar-refractivity contribution in [3.05, 3.63) is 77.1 Å². The number of halogens is 1. The number of benzene rings is 2. The minimum atomic E-state index is -0.341. The lowest BCUT2D eigenvalue weighted by Gasteiger charge is -2.13. The van der Waals surface area contributed by atoms with Crippen molar-refractivity contribution >= 4 is 29.1 Å². The van der Waals surface area contributed by atoms with E-state index >= 15 is 0 Å². The summed E-state index contributed by atoms with van der Waals surface area (Å²) in [5.41, 5.74) is 2.70. The zero-order valence-electron chi connectivity index (χ0n) is 15.6. The summed E-state index contributed by atoms with van der Waals surface area (Å²) >= 11 is 5.95. The third-order valence-electron chi connectivity index (χ3n) is 4.14. The van der Waals surface area contributed by atoms with E-state index in [9.17, 15) is 9.59 Å². The van der Waals surface area contributed by atoms with Gasteiger partial charge in [-0.3, -0.25) is 9.59 Å². The molecule has 0 spiro atoms. The number of anilines is 1. The number of carbonyl (C=O) groups is 2. The standard InChI is InChI=1S/C21H21ClN4O2/c1-14(2)20-18(12-24-26(20)17-10-8-15(22)9-11-17)21(28)23-13-19(27)25-16-6-4-3-5-7-16/h3-12,14H,13H2,1-2H3,(H,23,28)(H,25,27). The molecule has 7 heteroatoms. The number of aromatic nitrogens is 2. The van der Waals surface area contributed by atoms with Crippen LogP contribution in [-0.4, -0.2) is 28.1 Å². The van der Waals surface area contributed by atoms with Gasteiger partial charge in [0.15, 0.2) is 0 Å². The molecular weight excluding hydrogens is 376 g/mol. The molecular formula is C21H21ClN4O2. The summed E-state index contributed by atoms with van der Waals surface area (Å²) in [6.45, 7) is 3.85. The average molecular weight is 397 g/mol. The summed E-state index contributed by atoms with van der Waals surface area (Å²) < 4.78 is 1.72. The van der Waals surface area contributed by atoms with Gasteiger partial charge in [-0.05, 0) is 42.3 Å². The Morgan fingerprint density at radius 1 is 1.07 bits per heavy atom. The van der Waals surface area contributed by atoms with Gasteiger partial charge >= 0.3 is 0 Å². The maximum atomic E-state index is 12.7. The number of para-hydroxylation sites is 1. The number of hydrogen-bond donors (Lipinski definition) is 2. The molecule has 0 saturated heterocycles. The van der Waals surface area contributed by atoms with Crippen molar-refractivity contribution in [2.24, 2.45) is 0 Å². The summed E-state index contributed by atoms with van der Waals surface area (Å²) in [5.74, 6) is -0.583. The molecule has 1 heterocycles. The monoisotopic (exact) mass is 396 g/mol. The topological polar surface area (TPSA) is 76.0 Å². The van der Waals surface area contributed by atoms with Crippen molar-refractivity contribution in [1.29, 1.82) is 0 Å². The fourth-order valence-electron chi connectivity index (χ4n) is 2.86. The maximum absolute atomic E-state index is 12.7. The van der Waals surface area contributed by atoms with Gasteiger partial charge in [-0.2, -0.15) is 5.10 Å². The van der Waals surface area contributed by atoms with Crippen LogP contribution in [0.4, 0.5) is 5.69 Å². The van der Waals surface area contributed by atoms with Gasteiger partial charge in [-0.15, -0.1) is 0 Å². The molecule has 0 saturated carbocycles. The first-order valence-corrected chi connectivity index (χ1v) is 9.30. The molecule has 28 heavy (non-hydrogen) atoms. The molecule has 1 aromatic heterocycles. The van der Waals surface area contributed by atoms with E-state index in [0.717, 1.165) is 11.4 Å². The van der Waals surface area contributed by atoms with Gasteiger partial charge in [-0.25, -0.2) is 4.68 Å². The van der Waals surface area contributed by atoms with Gasteiger partial charge < -0.3 is 10.6 Å². The Kier molecular flexibility index (Phi) is 6.11. The first kappa shape index (κ1) is 19.6. The highest BCUT2D eigenvalue weighted by atomic mass is 35.5. The van der Waals surface area contributed by atoms with Gasteiger partial charge in [0.25, 0.3) is 5.91 Å². The predicted octanol–water partition coefficient (Wildman–Crippen LogP) is 4.02. The summed E-state index contributed by atoms with van der Waals surface area (Å²) in [4.78, 5) is 24.7. The Hall–Kier alpha value is -3.12. The third kappa shape index (κ3) is 4.58. The molecule has 0 unspecified atom stereocenters. The van der Waals surface area contributed by atoms with E-state index in [2.05, 4.69) is 15.7 Å². The number of amides is 2. The van der Waals surface area contributed by atoms with Crippen molar-refractivity contribution in [2.45, 2.75) is 19.8 Å². The zero-order valence-corrected chi connectivity index (χ0v) is 16.4. The minimum absolute atomic E-state index is 0.0528. The van der Waals surface area contributed by atoms with Gasteiger partial charge in [0.2, 0.25) is 5.91 Å². The molecule has 0 radical (unpaired) electrons. The SMILES string of the molecule is CC(C)c1c(C(=O)NCC(=O)Nc2ccccc2)cnn1-c1ccc(Cl)cc1. The van der Waals surface area contributed by atoms with E-state index in [1.807, 2.05) is 44.2 Å². The lowest BCUT2D eigenvalue weighted by molar-refractivity contribution is -0.115. The molecule has 0 aliphatic carbocycles. The van der Waals surface area contributed by atoms with Crippen molar-refractivity contribution in [3.8, 4) is 5.69 Å². The van der Waals surface area contributed by atoms with Crippen LogP contribution in [0, 0.1) is 0 Å². The fourth-order valence-corrected chi connectivity index (χ4v) is 2.98. The number of nitrogens with zero attached hydrogens (tertiary/aromatic N) is 2. The Morgan fingerprint density at radius 3 is 2.39 bits per heavy atom. The second-order valence-corrected chi connectivity index (χ2v) is 7.02. The van der Waals surface area contributed by atoms with Crippen LogP contribution in [0.1, 0.15) is 35.8 Å². The van der Waals surface area contributed by atoms with Crippen LogP contribution in [0.3, 0.4) is 0 Å². The molecule has 2 amide bonds. The van der Waals surface area contributed by atoms with Crippen LogP contribution in [0.2, 0.25) is 5.02 Å². The molecule has 6 nitrogen and oxygen atoms in total. The molecule has 2 N–H and O–H groups in total. The molecule has 2 aromatic carbocycles. The minimum Gasteiger partial charge on any atom is -0.343 e. The van der Waals surface area contributed by atoms with Crippen LogP contribution in [0.25, 0.3) is 5.69 Å². The smallest absolute Gasteiger partial charge is 0.255 e. The highest BCUT2D eigenvalue weighted by Gasteiger charge is 2.21. The second-order valence-electron chi connectivity index (χ2n) is 6.58. The molecule has 3 rings (SSSR count). The Labute approximate surface area is 168 Å². The van der Waals surface area contributed by atoms with E-state index in [0.29, 0.717) is 16.3 Å². The quantitative estimate of drug-likeness (QED) is 0.660. The normalized spacial score (nSPS) is 10.7. The summed E-state index contributed by atoms with van der Waals surface area (Å²) in [6.07, 6.45) is 1.52. The molecule has 0 aliphatic rings. The third-order valence-corrected chi connectivity index (χ3v) is 4.39. The van der Waals surface area contributed by atoms with Gasteiger partial charge in [0, 0.05) is 10.7 Å². The van der Waals surface area contributed by atoms with Crippen LogP contribution in [0.5, 0.6) is 0 Å². The first-order chi connectivity index (χ1) is 13.5. The largest absolute Gasteiger partial charge is 0.343 e. The van der Waals surface area contributed by atoms with E-state index in [1.54, 1.807) is 28.9 Å². The van der Waals surface area contributed by atoms with E-state index in [1.165, 1.54) is 6.20 Å². The molecule has 144 valence electrons. The number of hydrogen-bond acceptors (Lipinski definition) is 3. The zero-order chi connectivity index (χ0) is 20.1. The fraction of sp³-hybridized carbons (Fsp3) is 0.190. The second kappa shape index (κ2) is 8.71. The average Bonchev–Trinajstić information content (AvgIpc) is 3.13. The molecule has 0 aliphatic heterocycles. The Morgan fingerprint density at radius 2 is 1.75 bits per heavy atom. The van der Waals surface area contributed by atoms with Crippen LogP contribution < -0.4 is 10.6 Å². The maximum Gasteiger partial charge on any atom is 0.255 e. The molecule has 0 fully saturated rings. The van der Waals surface area contributed by atoms with E-state index < -0.39 is 0 Å².